The molecular formula is C22H29ClN4O2S. The van der Waals surface area contributed by atoms with Crippen molar-refractivity contribution < 1.29 is 9.59 Å². The quantitative estimate of drug-likeness (QED) is 0.301. The number of nitrogens with zero attached hydrogens (tertiary/aromatic N) is 1. The second kappa shape index (κ2) is 12.3. The van der Waals surface area contributed by atoms with Gasteiger partial charge in [-0.2, -0.15) is 0 Å². The number of carbonyl (C=O) groups excluding carboxylic acids is 2. The highest BCUT2D eigenvalue weighted by Crippen LogP contribution is 2.29. The van der Waals surface area contributed by atoms with Crippen LogP contribution in [0.3, 0.4) is 0 Å². The molecule has 0 saturated heterocycles. The Balaban J connectivity index is 1.83. The molecule has 0 bridgehead atoms. The second-order valence-electron chi connectivity index (χ2n) is 7.01. The van der Waals surface area contributed by atoms with Gasteiger partial charge in [0.05, 0.1) is 10.7 Å². The highest BCUT2D eigenvalue weighted by atomic mass is 35.5. The number of carbonyl (C=O) groups is 2. The second-order valence-corrected chi connectivity index (χ2v) is 8.30. The van der Waals surface area contributed by atoms with Crippen LogP contribution in [0.1, 0.15) is 39.5 Å². The van der Waals surface area contributed by atoms with E-state index in [1.807, 2.05) is 25.2 Å². The molecule has 0 radical (unpaired) electrons. The van der Waals surface area contributed by atoms with E-state index >= 15 is 0 Å². The average molecular weight is 449 g/mol. The first-order valence-corrected chi connectivity index (χ1v) is 11.2. The van der Waals surface area contributed by atoms with Crippen molar-refractivity contribution in [2.75, 3.05) is 29.1 Å². The summed E-state index contributed by atoms with van der Waals surface area (Å²) in [4.78, 5) is 26.2. The molecule has 3 N–H and O–H groups in total. The Kier molecular flexibility index (Phi) is 9.83. The number of nitrogens with one attached hydrogen (secondary N) is 3. The van der Waals surface area contributed by atoms with Crippen LogP contribution in [0, 0.1) is 0 Å². The lowest BCUT2D eigenvalue weighted by Crippen LogP contribution is -2.22. The topological polar surface area (TPSA) is 73.5 Å². The van der Waals surface area contributed by atoms with E-state index < -0.39 is 0 Å². The summed E-state index contributed by atoms with van der Waals surface area (Å²) >= 11 is 7.64. The molecule has 0 fully saturated rings. The molecule has 0 aromatic heterocycles. The largest absolute Gasteiger partial charge is 0.373 e. The van der Waals surface area contributed by atoms with Crippen LogP contribution in [0.5, 0.6) is 0 Å². The number of hydrogen-bond donors (Lipinski definition) is 3. The summed E-state index contributed by atoms with van der Waals surface area (Å²) in [6, 6.07) is 12.3. The van der Waals surface area contributed by atoms with Crippen LogP contribution in [0.2, 0.25) is 5.02 Å². The number of anilines is 3. The van der Waals surface area contributed by atoms with Gasteiger partial charge in [-0.15, -0.1) is 0 Å². The summed E-state index contributed by atoms with van der Waals surface area (Å²) in [5, 5.41) is 6.09. The molecule has 162 valence electrons. The maximum Gasteiger partial charge on any atom is 0.329 e. The lowest BCUT2D eigenvalue weighted by Gasteiger charge is -2.21. The number of rotatable bonds is 10. The first-order valence-electron chi connectivity index (χ1n) is 10.0. The van der Waals surface area contributed by atoms with Crippen molar-refractivity contribution >= 4 is 52.5 Å². The van der Waals surface area contributed by atoms with Crippen LogP contribution in [0.4, 0.5) is 21.9 Å². The van der Waals surface area contributed by atoms with Crippen molar-refractivity contribution in [2.45, 2.75) is 44.4 Å². The Labute approximate surface area is 187 Å². The minimum Gasteiger partial charge on any atom is -0.373 e. The molecule has 30 heavy (non-hydrogen) atoms. The van der Waals surface area contributed by atoms with E-state index in [4.69, 9.17) is 11.6 Å². The zero-order chi connectivity index (χ0) is 21.9. The summed E-state index contributed by atoms with van der Waals surface area (Å²) < 4.78 is 2.74. The zero-order valence-corrected chi connectivity index (χ0v) is 19.2. The number of hydrogen-bond acceptors (Lipinski definition) is 4. The fraction of sp³-hybridized carbons (Fsp3) is 0.364. The minimum absolute atomic E-state index is 0.141. The number of halogens is 1. The van der Waals surface area contributed by atoms with E-state index in [0.717, 1.165) is 23.5 Å². The Morgan fingerprint density at radius 1 is 1.00 bits per heavy atom. The molecule has 6 nitrogen and oxygen atoms in total. The summed E-state index contributed by atoms with van der Waals surface area (Å²) in [5.41, 5.74) is 2.29. The van der Waals surface area contributed by atoms with E-state index in [1.54, 1.807) is 24.3 Å². The van der Waals surface area contributed by atoms with Gasteiger partial charge >= 0.3 is 6.03 Å². The van der Waals surface area contributed by atoms with E-state index in [0.29, 0.717) is 16.4 Å². The third-order valence-corrected chi connectivity index (χ3v) is 5.48. The Hall–Kier alpha value is -2.38. The van der Waals surface area contributed by atoms with Crippen molar-refractivity contribution in [3.8, 4) is 0 Å². The SMILES string of the molecule is CCCCCCN(C)c1ccc(SNC(=O)Nc2ccc(NC(C)=O)cc2)cc1Cl. The predicted octanol–water partition coefficient (Wildman–Crippen LogP) is 6.14. The number of unbranched alkanes of at least 4 members (excludes halogenated alkanes) is 3. The van der Waals surface area contributed by atoms with Gasteiger partial charge in [0.1, 0.15) is 0 Å². The summed E-state index contributed by atoms with van der Waals surface area (Å²) in [7, 11) is 2.04. The van der Waals surface area contributed by atoms with Crippen LogP contribution >= 0.6 is 23.5 Å². The molecule has 0 saturated carbocycles. The minimum atomic E-state index is -0.347. The summed E-state index contributed by atoms with van der Waals surface area (Å²) in [5.74, 6) is -0.141. The number of amides is 3. The van der Waals surface area contributed by atoms with Crippen LogP contribution in [0.15, 0.2) is 47.4 Å². The molecule has 2 aromatic rings. The van der Waals surface area contributed by atoms with E-state index in [2.05, 4.69) is 27.2 Å². The highest BCUT2D eigenvalue weighted by Gasteiger charge is 2.09. The standard InChI is InChI=1S/C22H29ClN4O2S/c1-4-5-6-7-14-27(3)21-13-12-19(15-20(21)23)30-26-22(29)25-18-10-8-17(9-11-18)24-16(2)28/h8-13,15H,4-7,14H2,1-3H3,(H,24,28)(H2,25,26,29). The summed E-state index contributed by atoms with van der Waals surface area (Å²) in [6.07, 6.45) is 4.84. The van der Waals surface area contributed by atoms with Gasteiger partial charge < -0.3 is 15.5 Å². The van der Waals surface area contributed by atoms with Crippen LogP contribution < -0.4 is 20.3 Å². The van der Waals surface area contributed by atoms with Gasteiger partial charge in [0, 0.05) is 36.8 Å². The molecule has 0 atom stereocenters. The first-order chi connectivity index (χ1) is 14.4. The summed E-state index contributed by atoms with van der Waals surface area (Å²) in [6.45, 7) is 4.62. The number of urea groups is 1. The molecular weight excluding hydrogens is 420 g/mol. The first kappa shape index (κ1) is 23.9. The van der Waals surface area contributed by atoms with Crippen LogP contribution in [-0.4, -0.2) is 25.5 Å². The third-order valence-electron chi connectivity index (χ3n) is 4.40. The van der Waals surface area contributed by atoms with Crippen LogP contribution in [-0.2, 0) is 4.79 Å². The molecule has 0 aliphatic carbocycles. The molecule has 0 aliphatic rings. The van der Waals surface area contributed by atoms with Gasteiger partial charge in [-0.1, -0.05) is 37.8 Å². The van der Waals surface area contributed by atoms with Crippen molar-refractivity contribution in [1.29, 1.82) is 0 Å². The Morgan fingerprint density at radius 3 is 2.27 bits per heavy atom. The molecule has 0 spiro atoms. The van der Waals surface area contributed by atoms with E-state index in [1.165, 1.54) is 38.1 Å². The van der Waals surface area contributed by atoms with Gasteiger partial charge in [0.2, 0.25) is 5.91 Å². The van der Waals surface area contributed by atoms with Crippen molar-refractivity contribution in [3.05, 3.63) is 47.5 Å². The molecule has 8 heteroatoms. The van der Waals surface area contributed by atoms with Gasteiger partial charge in [0.25, 0.3) is 0 Å². The normalized spacial score (nSPS) is 10.4. The molecule has 0 unspecified atom stereocenters. The van der Waals surface area contributed by atoms with Gasteiger partial charge in [-0.25, -0.2) is 4.79 Å². The van der Waals surface area contributed by atoms with Crippen molar-refractivity contribution in [3.63, 3.8) is 0 Å². The van der Waals surface area contributed by atoms with E-state index in [-0.39, 0.29) is 11.9 Å². The lowest BCUT2D eigenvalue weighted by molar-refractivity contribution is -0.114. The third kappa shape index (κ3) is 8.16. The predicted molar refractivity (Wildman–Crippen MR) is 128 cm³/mol. The molecule has 0 aliphatic heterocycles. The zero-order valence-electron chi connectivity index (χ0n) is 17.6. The highest BCUT2D eigenvalue weighted by molar-refractivity contribution is 7.98. The van der Waals surface area contributed by atoms with Crippen molar-refractivity contribution in [2.24, 2.45) is 0 Å². The van der Waals surface area contributed by atoms with Gasteiger partial charge in [-0.3, -0.25) is 9.52 Å². The maximum absolute atomic E-state index is 12.1. The van der Waals surface area contributed by atoms with Gasteiger partial charge in [-0.05, 0) is 60.8 Å². The Morgan fingerprint density at radius 2 is 1.67 bits per heavy atom. The molecule has 3 amide bonds. The Bertz CT molecular complexity index is 846. The van der Waals surface area contributed by atoms with Gasteiger partial charge in [0.15, 0.2) is 0 Å². The fourth-order valence-corrected chi connectivity index (χ4v) is 3.82. The average Bonchev–Trinajstić information content (AvgIpc) is 2.70. The molecule has 2 rings (SSSR count). The molecule has 2 aromatic carbocycles. The molecule has 0 heterocycles. The van der Waals surface area contributed by atoms with E-state index in [9.17, 15) is 9.59 Å². The van der Waals surface area contributed by atoms with Crippen molar-refractivity contribution in [1.82, 2.24) is 4.72 Å². The van der Waals surface area contributed by atoms with Crippen LogP contribution in [0.25, 0.3) is 0 Å². The maximum atomic E-state index is 12.1. The lowest BCUT2D eigenvalue weighted by atomic mass is 10.2. The fourth-order valence-electron chi connectivity index (χ4n) is 2.86. The number of benzene rings is 2. The monoisotopic (exact) mass is 448 g/mol. The smallest absolute Gasteiger partial charge is 0.329 e.